The molecule has 0 bridgehead atoms. The fourth-order valence-corrected chi connectivity index (χ4v) is 3.11. The van der Waals surface area contributed by atoms with Crippen molar-refractivity contribution in [3.63, 3.8) is 0 Å². The maximum atomic E-state index is 12.7. The lowest BCUT2D eigenvalue weighted by atomic mass is 10.1. The minimum absolute atomic E-state index is 0.0558. The lowest BCUT2D eigenvalue weighted by Crippen LogP contribution is -2.57. The summed E-state index contributed by atoms with van der Waals surface area (Å²) in [7, 11) is 0. The average Bonchev–Trinajstić information content (AvgIpc) is 3.12. The fourth-order valence-electron chi connectivity index (χ4n) is 3.11. The van der Waals surface area contributed by atoms with Gasteiger partial charge in [-0.2, -0.15) is 5.26 Å². The van der Waals surface area contributed by atoms with Gasteiger partial charge in [-0.05, 0) is 36.6 Å². The van der Waals surface area contributed by atoms with E-state index in [0.29, 0.717) is 11.3 Å². The molecule has 25 heavy (non-hydrogen) atoms. The van der Waals surface area contributed by atoms with E-state index in [4.69, 9.17) is 10.00 Å². The first-order chi connectivity index (χ1) is 12.1. The molecule has 7 heteroatoms. The predicted molar refractivity (Wildman–Crippen MR) is 88.2 cm³/mol. The maximum absolute atomic E-state index is 12.7. The molecule has 0 atom stereocenters. The van der Waals surface area contributed by atoms with E-state index in [0.717, 1.165) is 25.7 Å². The Kier molecular flexibility index (Phi) is 4.80. The summed E-state index contributed by atoms with van der Waals surface area (Å²) in [4.78, 5) is 38.0. The number of nitrogens with one attached hydrogen (secondary N) is 1. The van der Waals surface area contributed by atoms with Crippen LogP contribution in [0.25, 0.3) is 6.08 Å². The number of hydrogen-bond acceptors (Lipinski definition) is 5. The molecule has 2 fully saturated rings. The zero-order chi connectivity index (χ0) is 17.8. The van der Waals surface area contributed by atoms with E-state index in [2.05, 4.69) is 5.32 Å². The van der Waals surface area contributed by atoms with Crippen LogP contribution in [-0.2, 0) is 9.59 Å². The minimum atomic E-state index is -0.686. The van der Waals surface area contributed by atoms with Crippen molar-refractivity contribution in [1.82, 2.24) is 10.2 Å². The Labute approximate surface area is 144 Å². The summed E-state index contributed by atoms with van der Waals surface area (Å²) in [6, 6.07) is 7.74. The number of urea groups is 1. The molecule has 1 saturated carbocycles. The number of nitrogens with zero attached hydrogens (tertiary/aromatic N) is 2. The number of ether oxygens (including phenoxy) is 1. The van der Waals surface area contributed by atoms with Gasteiger partial charge in [-0.1, -0.05) is 25.0 Å². The monoisotopic (exact) mass is 339 g/mol. The standard InChI is InChI=1S/C18H17N3O4/c19-9-10-25-14-7-5-12(6-8-14)11-15-16(22)20-18(24)21(17(15)23)13-3-1-2-4-13/h5-8,11,13H,1-4,10H2,(H,20,22,24)/b15-11+. The van der Waals surface area contributed by atoms with Crippen LogP contribution < -0.4 is 10.1 Å². The SMILES string of the molecule is N#CCOc1ccc(/C=C2\C(=O)NC(=O)N(C3CCCC3)C2=O)cc1. The molecular weight excluding hydrogens is 322 g/mol. The number of carbonyl (C=O) groups is 3. The molecule has 1 heterocycles. The molecule has 1 aliphatic carbocycles. The fraction of sp³-hybridized carbons (Fsp3) is 0.333. The molecule has 1 saturated heterocycles. The van der Waals surface area contributed by atoms with Crippen molar-refractivity contribution in [2.75, 3.05) is 6.61 Å². The zero-order valence-corrected chi connectivity index (χ0v) is 13.5. The second kappa shape index (κ2) is 7.18. The van der Waals surface area contributed by atoms with Crippen LogP contribution >= 0.6 is 0 Å². The largest absolute Gasteiger partial charge is 0.479 e. The molecule has 128 valence electrons. The summed E-state index contributed by atoms with van der Waals surface area (Å²) in [5.74, 6) is -0.717. The van der Waals surface area contributed by atoms with Crippen molar-refractivity contribution >= 4 is 23.9 Å². The highest BCUT2D eigenvalue weighted by Gasteiger charge is 2.40. The van der Waals surface area contributed by atoms with Crippen LogP contribution in [0.5, 0.6) is 5.75 Å². The van der Waals surface area contributed by atoms with Gasteiger partial charge in [0.05, 0.1) is 0 Å². The summed E-state index contributed by atoms with van der Waals surface area (Å²) in [6.07, 6.45) is 4.94. The Morgan fingerprint density at radius 1 is 1.20 bits per heavy atom. The van der Waals surface area contributed by atoms with Crippen molar-refractivity contribution in [2.45, 2.75) is 31.7 Å². The molecule has 1 aliphatic heterocycles. The molecule has 0 radical (unpaired) electrons. The van der Waals surface area contributed by atoms with E-state index < -0.39 is 17.8 Å². The highest BCUT2D eigenvalue weighted by atomic mass is 16.5. The number of carbonyl (C=O) groups excluding carboxylic acids is 3. The normalized spacial score (nSPS) is 19.9. The van der Waals surface area contributed by atoms with Crippen LogP contribution in [0.4, 0.5) is 4.79 Å². The van der Waals surface area contributed by atoms with Crippen molar-refractivity contribution in [3.05, 3.63) is 35.4 Å². The molecule has 0 unspecified atom stereocenters. The number of imide groups is 2. The van der Waals surface area contributed by atoms with E-state index in [-0.39, 0.29) is 18.2 Å². The third-order valence-corrected chi connectivity index (χ3v) is 4.32. The predicted octanol–water partition coefficient (Wildman–Crippen LogP) is 1.99. The molecule has 0 spiro atoms. The topological polar surface area (TPSA) is 99.5 Å². The van der Waals surface area contributed by atoms with Gasteiger partial charge in [0, 0.05) is 6.04 Å². The Bertz CT molecular complexity index is 771. The number of amides is 4. The van der Waals surface area contributed by atoms with E-state index in [1.807, 2.05) is 6.07 Å². The second-order valence-electron chi connectivity index (χ2n) is 5.95. The van der Waals surface area contributed by atoms with Gasteiger partial charge < -0.3 is 4.74 Å². The lowest BCUT2D eigenvalue weighted by Gasteiger charge is -2.31. The number of benzene rings is 1. The van der Waals surface area contributed by atoms with Gasteiger partial charge in [-0.3, -0.25) is 19.8 Å². The van der Waals surface area contributed by atoms with Crippen molar-refractivity contribution in [3.8, 4) is 11.8 Å². The van der Waals surface area contributed by atoms with Crippen LogP contribution in [0.3, 0.4) is 0 Å². The molecule has 4 amide bonds. The van der Waals surface area contributed by atoms with Gasteiger partial charge in [0.25, 0.3) is 11.8 Å². The number of nitriles is 1. The van der Waals surface area contributed by atoms with Gasteiger partial charge in [0.15, 0.2) is 6.61 Å². The maximum Gasteiger partial charge on any atom is 0.331 e. The summed E-state index contributed by atoms with van der Waals surface area (Å²) < 4.78 is 5.16. The second-order valence-corrected chi connectivity index (χ2v) is 5.95. The van der Waals surface area contributed by atoms with Gasteiger partial charge in [-0.25, -0.2) is 4.79 Å². The first kappa shape index (κ1) is 16.7. The summed E-state index contributed by atoms with van der Waals surface area (Å²) in [6.45, 7) is -0.0558. The van der Waals surface area contributed by atoms with E-state index in [1.165, 1.54) is 11.0 Å². The van der Waals surface area contributed by atoms with Gasteiger partial charge >= 0.3 is 6.03 Å². The number of rotatable bonds is 4. The molecule has 3 rings (SSSR count). The summed E-state index contributed by atoms with van der Waals surface area (Å²) in [5.41, 5.74) is 0.570. The highest BCUT2D eigenvalue weighted by Crippen LogP contribution is 2.27. The third kappa shape index (κ3) is 3.53. The minimum Gasteiger partial charge on any atom is -0.479 e. The number of barbiturate groups is 1. The van der Waals surface area contributed by atoms with Gasteiger partial charge in [0.2, 0.25) is 0 Å². The number of hydrogen-bond donors (Lipinski definition) is 1. The van der Waals surface area contributed by atoms with Crippen LogP contribution in [-0.4, -0.2) is 35.4 Å². The van der Waals surface area contributed by atoms with Crippen LogP contribution in [0.15, 0.2) is 29.8 Å². The van der Waals surface area contributed by atoms with Crippen molar-refractivity contribution < 1.29 is 19.1 Å². The van der Waals surface area contributed by atoms with E-state index >= 15 is 0 Å². The first-order valence-electron chi connectivity index (χ1n) is 8.10. The lowest BCUT2D eigenvalue weighted by molar-refractivity contribution is -0.131. The Balaban J connectivity index is 1.82. The molecule has 2 aliphatic rings. The summed E-state index contributed by atoms with van der Waals surface area (Å²) >= 11 is 0. The smallest absolute Gasteiger partial charge is 0.331 e. The first-order valence-corrected chi connectivity index (χ1v) is 8.10. The molecule has 1 aromatic rings. The van der Waals surface area contributed by atoms with Crippen molar-refractivity contribution in [2.24, 2.45) is 0 Å². The van der Waals surface area contributed by atoms with Crippen molar-refractivity contribution in [1.29, 1.82) is 5.26 Å². The Hall–Kier alpha value is -3.14. The molecule has 1 aromatic carbocycles. The zero-order valence-electron chi connectivity index (χ0n) is 13.5. The Morgan fingerprint density at radius 2 is 1.88 bits per heavy atom. The molecule has 0 aromatic heterocycles. The van der Waals surface area contributed by atoms with Gasteiger partial charge in [0.1, 0.15) is 17.4 Å². The van der Waals surface area contributed by atoms with Crippen LogP contribution in [0.2, 0.25) is 0 Å². The average molecular weight is 339 g/mol. The van der Waals surface area contributed by atoms with E-state index in [1.54, 1.807) is 24.3 Å². The third-order valence-electron chi connectivity index (χ3n) is 4.32. The summed E-state index contributed by atoms with van der Waals surface area (Å²) in [5, 5.41) is 10.7. The van der Waals surface area contributed by atoms with Crippen LogP contribution in [0.1, 0.15) is 31.2 Å². The highest BCUT2D eigenvalue weighted by molar-refractivity contribution is 6.31. The quantitative estimate of drug-likeness (QED) is 0.668. The molecular formula is C18H17N3O4. The van der Waals surface area contributed by atoms with Crippen LogP contribution in [0, 0.1) is 11.3 Å². The molecule has 1 N–H and O–H groups in total. The van der Waals surface area contributed by atoms with E-state index in [9.17, 15) is 14.4 Å². The van der Waals surface area contributed by atoms with Gasteiger partial charge in [-0.15, -0.1) is 0 Å². The molecule has 7 nitrogen and oxygen atoms in total. The Morgan fingerprint density at radius 3 is 2.52 bits per heavy atom.